The molecular formula is C36H42N4O. The minimum atomic E-state index is -0.0295. The number of hydrogen-bond donors (Lipinski definition) is 1. The molecule has 0 saturated carbocycles. The first-order valence-electron chi connectivity index (χ1n) is 15.3. The van der Waals surface area contributed by atoms with Crippen LogP contribution in [0.2, 0.25) is 0 Å². The fourth-order valence-electron chi connectivity index (χ4n) is 6.89. The third-order valence-corrected chi connectivity index (χ3v) is 8.85. The summed E-state index contributed by atoms with van der Waals surface area (Å²) in [4.78, 5) is 24.6. The predicted molar refractivity (Wildman–Crippen MR) is 168 cm³/mol. The van der Waals surface area contributed by atoms with Gasteiger partial charge in [0.2, 0.25) is 0 Å². The van der Waals surface area contributed by atoms with Gasteiger partial charge < -0.3 is 10.2 Å². The highest BCUT2D eigenvalue weighted by atomic mass is 16.1. The molecule has 2 saturated heterocycles. The zero-order valence-electron chi connectivity index (χ0n) is 24.5. The van der Waals surface area contributed by atoms with E-state index in [1.165, 1.54) is 56.3 Å². The van der Waals surface area contributed by atoms with E-state index in [1.807, 2.05) is 24.3 Å². The molecule has 41 heavy (non-hydrogen) atoms. The number of benzene rings is 3. The Balaban J connectivity index is 1.34. The largest absolute Gasteiger partial charge is 0.348 e. The smallest absolute Gasteiger partial charge is 0.252 e. The molecule has 1 aromatic heterocycles. The lowest BCUT2D eigenvalue weighted by Gasteiger charge is -2.40. The summed E-state index contributed by atoms with van der Waals surface area (Å²) in [5.41, 5.74) is 8.17. The van der Waals surface area contributed by atoms with Gasteiger partial charge in [-0.25, -0.2) is 4.98 Å². The molecule has 3 heterocycles. The highest BCUT2D eigenvalue weighted by Crippen LogP contribution is 2.32. The number of nitrogens with zero attached hydrogens (tertiary/aromatic N) is 3. The molecule has 2 aliphatic rings. The molecule has 0 bridgehead atoms. The van der Waals surface area contributed by atoms with E-state index in [2.05, 4.69) is 77.5 Å². The highest BCUT2D eigenvalue weighted by molar-refractivity contribution is 6.09. The van der Waals surface area contributed by atoms with Crippen molar-refractivity contribution in [2.45, 2.75) is 65.1 Å². The van der Waals surface area contributed by atoms with E-state index < -0.39 is 0 Å². The van der Waals surface area contributed by atoms with Crippen LogP contribution in [-0.2, 0) is 13.1 Å². The minimum absolute atomic E-state index is 0.0295. The van der Waals surface area contributed by atoms with Gasteiger partial charge in [0, 0.05) is 35.6 Å². The second-order valence-electron chi connectivity index (χ2n) is 12.0. The van der Waals surface area contributed by atoms with Crippen LogP contribution in [0.3, 0.4) is 0 Å². The molecular weight excluding hydrogens is 504 g/mol. The summed E-state index contributed by atoms with van der Waals surface area (Å²) in [6.45, 7) is 10.0. The lowest BCUT2D eigenvalue weighted by molar-refractivity contribution is 0.0885. The lowest BCUT2D eigenvalue weighted by Crippen LogP contribution is -2.46. The number of carbonyl (C=O) groups excluding carboxylic acids is 1. The Morgan fingerprint density at radius 2 is 1.54 bits per heavy atom. The van der Waals surface area contributed by atoms with Crippen molar-refractivity contribution in [1.82, 2.24) is 20.1 Å². The van der Waals surface area contributed by atoms with Crippen LogP contribution in [-0.4, -0.2) is 52.9 Å². The number of rotatable bonds is 7. The maximum absolute atomic E-state index is 14.1. The number of amides is 1. The topological polar surface area (TPSA) is 48.5 Å². The Hall–Kier alpha value is -3.54. The van der Waals surface area contributed by atoms with Crippen molar-refractivity contribution in [2.75, 3.05) is 26.2 Å². The van der Waals surface area contributed by atoms with Crippen molar-refractivity contribution in [3.63, 3.8) is 0 Å². The fraction of sp³-hybridized carbons (Fsp3) is 0.389. The first-order valence-corrected chi connectivity index (χ1v) is 15.3. The van der Waals surface area contributed by atoms with E-state index in [0.29, 0.717) is 12.6 Å². The standard InChI is InChI=1S/C36H42N4O/c1-26-21-27(2)23-28(22-26)24-37-36(41)34-31-13-7-8-14-33(31)38-35(29-11-5-3-6-12-29)32(34)25-39-19-15-30(16-20-39)40-17-9-4-10-18-40/h3,5-8,11-14,21-23,30H,4,9-10,15-20,24-25H2,1-2H3,(H,37,41). The molecule has 4 aromatic rings. The molecule has 0 atom stereocenters. The molecule has 1 amide bonds. The normalized spacial score (nSPS) is 17.1. The zero-order chi connectivity index (χ0) is 28.2. The SMILES string of the molecule is Cc1cc(C)cc(CNC(=O)c2c(CN3CCC(N4CCCCC4)CC3)c(-c3ccccc3)nc3ccccc23)c1. The fourth-order valence-corrected chi connectivity index (χ4v) is 6.89. The molecule has 6 rings (SSSR count). The first kappa shape index (κ1) is 27.6. The highest BCUT2D eigenvalue weighted by Gasteiger charge is 2.28. The summed E-state index contributed by atoms with van der Waals surface area (Å²) in [6, 6.07) is 25.6. The Morgan fingerprint density at radius 3 is 2.27 bits per heavy atom. The van der Waals surface area contributed by atoms with E-state index >= 15 is 0 Å². The number of piperidine rings is 2. The Morgan fingerprint density at radius 1 is 0.854 bits per heavy atom. The monoisotopic (exact) mass is 546 g/mol. The van der Waals surface area contributed by atoms with Gasteiger partial charge in [-0.15, -0.1) is 0 Å². The van der Waals surface area contributed by atoms with Gasteiger partial charge in [-0.2, -0.15) is 0 Å². The van der Waals surface area contributed by atoms with Gasteiger partial charge in [0.05, 0.1) is 16.8 Å². The molecule has 0 aliphatic carbocycles. The molecule has 212 valence electrons. The van der Waals surface area contributed by atoms with Gasteiger partial charge in [-0.1, -0.05) is 84.3 Å². The zero-order valence-corrected chi connectivity index (χ0v) is 24.5. The van der Waals surface area contributed by atoms with E-state index in [9.17, 15) is 4.79 Å². The number of aryl methyl sites for hydroxylation is 2. The molecule has 5 heteroatoms. The van der Waals surface area contributed by atoms with Crippen molar-refractivity contribution in [3.8, 4) is 11.3 Å². The Labute approximate surface area is 244 Å². The summed E-state index contributed by atoms with van der Waals surface area (Å²) in [5.74, 6) is -0.0295. The average Bonchev–Trinajstić information content (AvgIpc) is 3.00. The second-order valence-corrected chi connectivity index (χ2v) is 12.0. The van der Waals surface area contributed by atoms with Gasteiger partial charge in [-0.05, 0) is 77.3 Å². The minimum Gasteiger partial charge on any atom is -0.348 e. The summed E-state index contributed by atoms with van der Waals surface area (Å²) in [5, 5.41) is 4.20. The third kappa shape index (κ3) is 6.37. The van der Waals surface area contributed by atoms with E-state index in [1.54, 1.807) is 0 Å². The van der Waals surface area contributed by atoms with Crippen molar-refractivity contribution < 1.29 is 4.79 Å². The molecule has 0 spiro atoms. The van der Waals surface area contributed by atoms with Crippen LogP contribution < -0.4 is 5.32 Å². The second kappa shape index (κ2) is 12.5. The first-order chi connectivity index (χ1) is 20.0. The number of carbonyl (C=O) groups is 1. The summed E-state index contributed by atoms with van der Waals surface area (Å²) in [7, 11) is 0. The summed E-state index contributed by atoms with van der Waals surface area (Å²) >= 11 is 0. The van der Waals surface area contributed by atoms with Gasteiger partial charge >= 0.3 is 0 Å². The van der Waals surface area contributed by atoms with Crippen molar-refractivity contribution in [2.24, 2.45) is 0 Å². The van der Waals surface area contributed by atoms with Crippen molar-refractivity contribution >= 4 is 16.8 Å². The van der Waals surface area contributed by atoms with E-state index in [4.69, 9.17) is 4.98 Å². The number of likely N-dealkylation sites (tertiary alicyclic amines) is 2. The maximum atomic E-state index is 14.1. The summed E-state index contributed by atoms with van der Waals surface area (Å²) < 4.78 is 0. The number of pyridine rings is 1. The van der Waals surface area contributed by atoms with Crippen molar-refractivity contribution in [3.05, 3.63) is 101 Å². The molecule has 1 N–H and O–H groups in total. The van der Waals surface area contributed by atoms with Crippen LogP contribution in [0, 0.1) is 13.8 Å². The van der Waals surface area contributed by atoms with Gasteiger partial charge in [0.25, 0.3) is 5.91 Å². The van der Waals surface area contributed by atoms with Crippen LogP contribution in [0.15, 0.2) is 72.8 Å². The maximum Gasteiger partial charge on any atom is 0.252 e. The molecule has 0 unspecified atom stereocenters. The number of hydrogen-bond acceptors (Lipinski definition) is 4. The van der Waals surface area contributed by atoms with Crippen LogP contribution in [0.25, 0.3) is 22.2 Å². The van der Waals surface area contributed by atoms with Crippen LogP contribution in [0.4, 0.5) is 0 Å². The molecule has 3 aromatic carbocycles. The van der Waals surface area contributed by atoms with Gasteiger partial charge in [0.15, 0.2) is 0 Å². The molecule has 0 radical (unpaired) electrons. The number of para-hydroxylation sites is 1. The number of nitrogens with one attached hydrogen (secondary N) is 1. The third-order valence-electron chi connectivity index (χ3n) is 8.85. The molecule has 2 aliphatic heterocycles. The quantitative estimate of drug-likeness (QED) is 0.274. The molecule has 2 fully saturated rings. The van der Waals surface area contributed by atoms with Crippen LogP contribution in [0.5, 0.6) is 0 Å². The van der Waals surface area contributed by atoms with Gasteiger partial charge in [0.1, 0.15) is 0 Å². The average molecular weight is 547 g/mol. The molecule has 5 nitrogen and oxygen atoms in total. The van der Waals surface area contributed by atoms with Crippen LogP contribution >= 0.6 is 0 Å². The predicted octanol–water partition coefficient (Wildman–Crippen LogP) is 6.90. The van der Waals surface area contributed by atoms with Gasteiger partial charge in [-0.3, -0.25) is 9.69 Å². The van der Waals surface area contributed by atoms with E-state index in [0.717, 1.165) is 58.5 Å². The lowest BCUT2D eigenvalue weighted by atomic mass is 9.94. The Kier molecular flexibility index (Phi) is 8.45. The van der Waals surface area contributed by atoms with Crippen molar-refractivity contribution in [1.29, 1.82) is 0 Å². The van der Waals surface area contributed by atoms with Crippen LogP contribution in [0.1, 0.15) is 64.7 Å². The van der Waals surface area contributed by atoms with E-state index in [-0.39, 0.29) is 5.91 Å². The number of aromatic nitrogens is 1. The Bertz CT molecular complexity index is 1480. The summed E-state index contributed by atoms with van der Waals surface area (Å²) in [6.07, 6.45) is 6.43. The number of fused-ring (bicyclic) bond motifs is 1.